The lowest BCUT2D eigenvalue weighted by atomic mass is 10.2. The second kappa shape index (κ2) is 5.68. The number of rotatable bonds is 2. The third-order valence-corrected chi connectivity index (χ3v) is 3.01. The Bertz CT molecular complexity index is 642. The van der Waals surface area contributed by atoms with E-state index in [1.54, 1.807) is 24.3 Å². The van der Waals surface area contributed by atoms with Crippen LogP contribution in [0.15, 0.2) is 36.4 Å². The molecule has 0 bridgehead atoms. The highest BCUT2D eigenvalue weighted by Gasteiger charge is 1.97. The number of nitriles is 1. The Labute approximate surface area is 115 Å². The normalized spacial score (nSPS) is 10.5. The Balaban J connectivity index is 2.24. The van der Waals surface area contributed by atoms with Gasteiger partial charge in [-0.1, -0.05) is 41.4 Å². The Kier molecular flexibility index (Phi) is 3.99. The van der Waals surface area contributed by atoms with Gasteiger partial charge in [-0.25, -0.2) is 4.98 Å². The molecule has 0 unspecified atom stereocenters. The number of aromatic nitrogens is 1. The van der Waals surface area contributed by atoms with Crippen LogP contribution in [0.3, 0.4) is 0 Å². The van der Waals surface area contributed by atoms with E-state index < -0.39 is 0 Å². The van der Waals surface area contributed by atoms with Crippen molar-refractivity contribution in [2.24, 2.45) is 0 Å². The zero-order chi connectivity index (χ0) is 13.0. The third-order valence-electron chi connectivity index (χ3n) is 2.28. The van der Waals surface area contributed by atoms with Crippen LogP contribution in [0.25, 0.3) is 12.2 Å². The standard InChI is InChI=1S/C14H8Cl2N2/c15-13-7-5-10(8-14(13)16)4-6-11-2-1-3-12(9-17)18-11/h1-8H/b6-4+. The Hall–Kier alpha value is -1.82. The minimum absolute atomic E-state index is 0.395. The molecule has 1 heterocycles. The number of pyridine rings is 1. The van der Waals surface area contributed by atoms with E-state index in [4.69, 9.17) is 28.5 Å². The Morgan fingerprint density at radius 1 is 1.06 bits per heavy atom. The summed E-state index contributed by atoms with van der Waals surface area (Å²) in [4.78, 5) is 4.14. The van der Waals surface area contributed by atoms with Gasteiger partial charge in [0.2, 0.25) is 0 Å². The second-order valence-electron chi connectivity index (χ2n) is 3.57. The number of benzene rings is 1. The maximum Gasteiger partial charge on any atom is 0.141 e. The highest BCUT2D eigenvalue weighted by molar-refractivity contribution is 6.42. The van der Waals surface area contributed by atoms with Crippen LogP contribution in [0.5, 0.6) is 0 Å². The van der Waals surface area contributed by atoms with Gasteiger partial charge in [0, 0.05) is 0 Å². The van der Waals surface area contributed by atoms with Crippen LogP contribution in [0.4, 0.5) is 0 Å². The highest BCUT2D eigenvalue weighted by atomic mass is 35.5. The summed E-state index contributed by atoms with van der Waals surface area (Å²) in [5.74, 6) is 0. The molecule has 0 aliphatic heterocycles. The van der Waals surface area contributed by atoms with Gasteiger partial charge in [0.1, 0.15) is 11.8 Å². The second-order valence-corrected chi connectivity index (χ2v) is 4.38. The first-order chi connectivity index (χ1) is 8.69. The zero-order valence-electron chi connectivity index (χ0n) is 9.27. The predicted octanol–water partition coefficient (Wildman–Crippen LogP) is 4.43. The molecule has 0 amide bonds. The molecule has 18 heavy (non-hydrogen) atoms. The molecule has 0 aliphatic carbocycles. The SMILES string of the molecule is N#Cc1cccc(/C=C/c2ccc(Cl)c(Cl)c2)n1. The van der Waals surface area contributed by atoms with Gasteiger partial charge in [-0.05, 0) is 35.9 Å². The molecule has 0 N–H and O–H groups in total. The minimum atomic E-state index is 0.395. The molecule has 0 spiro atoms. The van der Waals surface area contributed by atoms with E-state index in [0.717, 1.165) is 11.3 Å². The lowest BCUT2D eigenvalue weighted by molar-refractivity contribution is 1.24. The molecule has 1 aromatic heterocycles. The predicted molar refractivity (Wildman–Crippen MR) is 74.3 cm³/mol. The number of halogens is 2. The van der Waals surface area contributed by atoms with Crippen molar-refractivity contribution >= 4 is 35.4 Å². The molecule has 1 aromatic carbocycles. The van der Waals surface area contributed by atoms with Gasteiger partial charge in [-0.3, -0.25) is 0 Å². The summed E-state index contributed by atoms with van der Waals surface area (Å²) in [7, 11) is 0. The Morgan fingerprint density at radius 3 is 2.61 bits per heavy atom. The monoisotopic (exact) mass is 274 g/mol. The van der Waals surface area contributed by atoms with E-state index in [0.29, 0.717) is 15.7 Å². The van der Waals surface area contributed by atoms with Gasteiger partial charge in [0.25, 0.3) is 0 Å². The van der Waals surface area contributed by atoms with E-state index >= 15 is 0 Å². The molecule has 88 valence electrons. The van der Waals surface area contributed by atoms with Gasteiger partial charge in [-0.15, -0.1) is 0 Å². The van der Waals surface area contributed by atoms with E-state index in [2.05, 4.69) is 4.98 Å². The molecule has 0 atom stereocenters. The third kappa shape index (κ3) is 3.10. The highest BCUT2D eigenvalue weighted by Crippen LogP contribution is 2.23. The summed E-state index contributed by atoms with van der Waals surface area (Å²) in [5.41, 5.74) is 2.04. The lowest BCUT2D eigenvalue weighted by Gasteiger charge is -1.98. The summed E-state index contributed by atoms with van der Waals surface area (Å²) in [6.45, 7) is 0. The molecule has 2 aromatic rings. The molecular formula is C14H8Cl2N2. The van der Waals surface area contributed by atoms with Crippen molar-refractivity contribution in [3.8, 4) is 6.07 Å². The van der Waals surface area contributed by atoms with Gasteiger partial charge < -0.3 is 0 Å². The van der Waals surface area contributed by atoms with E-state index in [-0.39, 0.29) is 0 Å². The smallest absolute Gasteiger partial charge is 0.141 e. The largest absolute Gasteiger partial charge is 0.238 e. The van der Waals surface area contributed by atoms with Gasteiger partial charge >= 0.3 is 0 Å². The number of hydrogen-bond donors (Lipinski definition) is 0. The Morgan fingerprint density at radius 2 is 1.89 bits per heavy atom. The fraction of sp³-hybridized carbons (Fsp3) is 0. The maximum atomic E-state index is 8.75. The van der Waals surface area contributed by atoms with Crippen molar-refractivity contribution in [2.75, 3.05) is 0 Å². The first kappa shape index (κ1) is 12.6. The summed E-state index contributed by atoms with van der Waals surface area (Å²) >= 11 is 11.8. The average molecular weight is 275 g/mol. The molecule has 0 fully saturated rings. The summed E-state index contributed by atoms with van der Waals surface area (Å²) < 4.78 is 0. The maximum absolute atomic E-state index is 8.75. The van der Waals surface area contributed by atoms with Gasteiger partial charge in [0.05, 0.1) is 15.7 Å². The van der Waals surface area contributed by atoms with Crippen LogP contribution in [0.1, 0.15) is 17.0 Å². The van der Waals surface area contributed by atoms with Crippen LogP contribution >= 0.6 is 23.2 Å². The lowest BCUT2D eigenvalue weighted by Crippen LogP contribution is -1.84. The van der Waals surface area contributed by atoms with Crippen molar-refractivity contribution in [1.29, 1.82) is 5.26 Å². The van der Waals surface area contributed by atoms with Gasteiger partial charge in [-0.2, -0.15) is 5.26 Å². The molecule has 0 radical (unpaired) electrons. The van der Waals surface area contributed by atoms with Crippen molar-refractivity contribution < 1.29 is 0 Å². The van der Waals surface area contributed by atoms with Crippen molar-refractivity contribution in [2.45, 2.75) is 0 Å². The van der Waals surface area contributed by atoms with Crippen LogP contribution in [0, 0.1) is 11.3 Å². The molecule has 0 saturated heterocycles. The molecule has 0 aliphatic rings. The average Bonchev–Trinajstić information content (AvgIpc) is 2.40. The molecular weight excluding hydrogens is 267 g/mol. The van der Waals surface area contributed by atoms with Crippen LogP contribution in [-0.2, 0) is 0 Å². The van der Waals surface area contributed by atoms with Crippen LogP contribution in [0.2, 0.25) is 10.0 Å². The number of nitrogens with zero attached hydrogens (tertiary/aromatic N) is 2. The zero-order valence-corrected chi connectivity index (χ0v) is 10.8. The van der Waals surface area contributed by atoms with E-state index in [1.807, 2.05) is 30.4 Å². The van der Waals surface area contributed by atoms with Crippen molar-refractivity contribution in [1.82, 2.24) is 4.98 Å². The van der Waals surface area contributed by atoms with E-state index in [9.17, 15) is 0 Å². The summed E-state index contributed by atoms with van der Waals surface area (Å²) in [6.07, 6.45) is 3.69. The quantitative estimate of drug-likeness (QED) is 0.812. The van der Waals surface area contributed by atoms with Gasteiger partial charge in [0.15, 0.2) is 0 Å². The first-order valence-corrected chi connectivity index (χ1v) is 5.95. The summed E-state index contributed by atoms with van der Waals surface area (Å²) in [5, 5.41) is 9.78. The molecule has 2 nitrogen and oxygen atoms in total. The number of hydrogen-bond acceptors (Lipinski definition) is 2. The van der Waals surface area contributed by atoms with Crippen molar-refractivity contribution in [3.63, 3.8) is 0 Å². The van der Waals surface area contributed by atoms with Crippen LogP contribution < -0.4 is 0 Å². The molecule has 2 rings (SSSR count). The topological polar surface area (TPSA) is 36.7 Å². The fourth-order valence-electron chi connectivity index (χ4n) is 1.40. The molecule has 4 heteroatoms. The van der Waals surface area contributed by atoms with E-state index in [1.165, 1.54) is 0 Å². The van der Waals surface area contributed by atoms with Crippen LogP contribution in [-0.4, -0.2) is 4.98 Å². The summed E-state index contributed by atoms with van der Waals surface area (Å²) in [6, 6.07) is 12.7. The fourth-order valence-corrected chi connectivity index (χ4v) is 1.71. The first-order valence-electron chi connectivity index (χ1n) is 5.19. The van der Waals surface area contributed by atoms with Crippen molar-refractivity contribution in [3.05, 3.63) is 63.4 Å². The molecule has 0 saturated carbocycles. The minimum Gasteiger partial charge on any atom is -0.238 e.